The second kappa shape index (κ2) is 7.68. The number of hydrogen-bond donors (Lipinski definition) is 2. The highest BCUT2D eigenvalue weighted by Crippen LogP contribution is 2.36. The highest BCUT2D eigenvalue weighted by atomic mass is 16.7. The number of carboxylic acids is 1. The summed E-state index contributed by atoms with van der Waals surface area (Å²) in [6, 6.07) is 12.9. The van der Waals surface area contributed by atoms with Crippen molar-refractivity contribution in [1.82, 2.24) is 5.32 Å². The molecule has 1 aromatic heterocycles. The van der Waals surface area contributed by atoms with Crippen LogP contribution in [-0.4, -0.2) is 35.7 Å². The lowest BCUT2D eigenvalue weighted by atomic mass is 10.1. The molecule has 164 valence electrons. The zero-order valence-electron chi connectivity index (χ0n) is 16.7. The molecular formula is C23H14N2O8. The minimum Gasteiger partial charge on any atom is -0.478 e. The summed E-state index contributed by atoms with van der Waals surface area (Å²) in [7, 11) is 0. The zero-order valence-corrected chi connectivity index (χ0v) is 16.7. The number of amides is 4. The fourth-order valence-corrected chi connectivity index (χ4v) is 3.45. The van der Waals surface area contributed by atoms with Gasteiger partial charge in [0, 0.05) is 11.6 Å². The van der Waals surface area contributed by atoms with Gasteiger partial charge in [0.2, 0.25) is 6.79 Å². The number of carbonyl (C=O) groups is 4. The number of furan rings is 1. The van der Waals surface area contributed by atoms with Gasteiger partial charge in [0.05, 0.1) is 11.3 Å². The molecule has 0 bridgehead atoms. The molecule has 0 spiro atoms. The Bertz CT molecular complexity index is 1370. The molecule has 2 N–H and O–H groups in total. The number of nitrogens with zero attached hydrogens (tertiary/aromatic N) is 1. The van der Waals surface area contributed by atoms with E-state index in [0.717, 1.165) is 4.90 Å². The van der Waals surface area contributed by atoms with Gasteiger partial charge in [0.1, 0.15) is 17.1 Å². The van der Waals surface area contributed by atoms with E-state index in [-0.39, 0.29) is 29.4 Å². The largest absolute Gasteiger partial charge is 0.478 e. The highest BCUT2D eigenvalue weighted by Gasteiger charge is 2.37. The molecule has 2 aliphatic heterocycles. The van der Waals surface area contributed by atoms with E-state index in [4.69, 9.17) is 19.0 Å². The summed E-state index contributed by atoms with van der Waals surface area (Å²) < 4.78 is 16.2. The first-order valence-corrected chi connectivity index (χ1v) is 9.65. The van der Waals surface area contributed by atoms with Crippen molar-refractivity contribution in [1.29, 1.82) is 0 Å². The van der Waals surface area contributed by atoms with Gasteiger partial charge >= 0.3 is 12.0 Å². The maximum Gasteiger partial charge on any atom is 0.335 e. The number of imide groups is 2. The third-order valence-corrected chi connectivity index (χ3v) is 5.02. The van der Waals surface area contributed by atoms with Gasteiger partial charge in [0.15, 0.2) is 11.5 Å². The van der Waals surface area contributed by atoms with Crippen LogP contribution in [0.3, 0.4) is 0 Å². The predicted octanol–water partition coefficient (Wildman–Crippen LogP) is 3.04. The van der Waals surface area contributed by atoms with E-state index < -0.39 is 23.8 Å². The molecule has 33 heavy (non-hydrogen) atoms. The van der Waals surface area contributed by atoms with Gasteiger partial charge < -0.3 is 19.0 Å². The summed E-state index contributed by atoms with van der Waals surface area (Å²) in [5.41, 5.74) is 0.484. The third kappa shape index (κ3) is 3.59. The number of fused-ring (bicyclic) bond motifs is 1. The number of barbiturate groups is 1. The Morgan fingerprint density at radius 3 is 2.64 bits per heavy atom. The van der Waals surface area contributed by atoms with Crippen LogP contribution in [0.15, 0.2) is 64.6 Å². The van der Waals surface area contributed by atoms with Crippen molar-refractivity contribution in [2.45, 2.75) is 0 Å². The Hall–Kier alpha value is -4.86. The number of aromatic carboxylic acids is 1. The number of carbonyl (C=O) groups excluding carboxylic acids is 3. The fourth-order valence-electron chi connectivity index (χ4n) is 3.45. The number of ether oxygens (including phenoxy) is 2. The SMILES string of the molecule is O=C1NC(=O)N(c2ccc3c(c2)OCO3)C(=O)/C1=C\c1ccc(-c2cccc(C(=O)O)c2)o1. The van der Waals surface area contributed by atoms with E-state index in [2.05, 4.69) is 5.32 Å². The first-order chi connectivity index (χ1) is 15.9. The van der Waals surface area contributed by atoms with Crippen molar-refractivity contribution in [3.05, 3.63) is 71.5 Å². The maximum atomic E-state index is 13.0. The summed E-state index contributed by atoms with van der Waals surface area (Å²) in [4.78, 5) is 49.8. The monoisotopic (exact) mass is 446 g/mol. The van der Waals surface area contributed by atoms with Crippen molar-refractivity contribution < 1.29 is 38.2 Å². The molecule has 5 rings (SSSR count). The molecule has 1 fully saturated rings. The first kappa shape index (κ1) is 20.1. The second-order valence-electron chi connectivity index (χ2n) is 7.08. The standard InChI is InChI=1S/C23H14N2O8/c26-20-16(10-15-5-7-17(33-15)12-2-1-3-13(8-12)22(28)29)21(27)25(23(30)24-20)14-4-6-18-19(9-14)32-11-31-18/h1-10H,11H2,(H,28,29)(H,24,26,30)/b16-10-. The van der Waals surface area contributed by atoms with Crippen LogP contribution in [0.4, 0.5) is 10.5 Å². The van der Waals surface area contributed by atoms with Crippen LogP contribution in [0.25, 0.3) is 17.4 Å². The van der Waals surface area contributed by atoms with Gasteiger partial charge in [-0.15, -0.1) is 0 Å². The average molecular weight is 446 g/mol. The minimum atomic E-state index is -1.08. The van der Waals surface area contributed by atoms with Crippen LogP contribution in [0.1, 0.15) is 16.1 Å². The third-order valence-electron chi connectivity index (χ3n) is 5.02. The van der Waals surface area contributed by atoms with E-state index in [1.54, 1.807) is 24.3 Å². The van der Waals surface area contributed by atoms with Gasteiger partial charge in [-0.25, -0.2) is 14.5 Å². The molecule has 10 heteroatoms. The van der Waals surface area contributed by atoms with Gasteiger partial charge in [-0.3, -0.25) is 14.9 Å². The fraction of sp³-hybridized carbons (Fsp3) is 0.0435. The lowest BCUT2D eigenvalue weighted by Gasteiger charge is -2.26. The molecule has 3 aromatic rings. The van der Waals surface area contributed by atoms with Crippen molar-refractivity contribution in [3.63, 3.8) is 0 Å². The van der Waals surface area contributed by atoms with E-state index in [9.17, 15) is 19.2 Å². The quantitative estimate of drug-likeness (QED) is 0.461. The Balaban J connectivity index is 1.46. The van der Waals surface area contributed by atoms with Gasteiger partial charge in [0.25, 0.3) is 11.8 Å². The second-order valence-corrected chi connectivity index (χ2v) is 7.08. The summed E-state index contributed by atoms with van der Waals surface area (Å²) >= 11 is 0. The van der Waals surface area contributed by atoms with Gasteiger partial charge in [-0.2, -0.15) is 0 Å². The highest BCUT2D eigenvalue weighted by molar-refractivity contribution is 6.39. The smallest absolute Gasteiger partial charge is 0.335 e. The van der Waals surface area contributed by atoms with Crippen LogP contribution in [-0.2, 0) is 9.59 Å². The Kier molecular flexibility index (Phi) is 4.67. The summed E-state index contributed by atoms with van der Waals surface area (Å²) in [5, 5.41) is 11.3. The number of hydrogen-bond acceptors (Lipinski definition) is 7. The Morgan fingerprint density at radius 1 is 1.00 bits per heavy atom. The lowest BCUT2D eigenvalue weighted by Crippen LogP contribution is -2.54. The van der Waals surface area contributed by atoms with E-state index in [1.807, 2.05) is 0 Å². The first-order valence-electron chi connectivity index (χ1n) is 9.65. The molecule has 2 aromatic carbocycles. The van der Waals surface area contributed by atoms with Crippen LogP contribution < -0.4 is 19.7 Å². The number of nitrogens with one attached hydrogen (secondary N) is 1. The number of benzene rings is 2. The van der Waals surface area contributed by atoms with E-state index in [0.29, 0.717) is 22.8 Å². The number of anilines is 1. The molecule has 3 heterocycles. The molecule has 10 nitrogen and oxygen atoms in total. The molecule has 2 aliphatic rings. The Morgan fingerprint density at radius 2 is 1.82 bits per heavy atom. The molecule has 4 amide bonds. The number of urea groups is 1. The van der Waals surface area contributed by atoms with Crippen molar-refractivity contribution in [3.8, 4) is 22.8 Å². The Labute approximate surface area is 185 Å². The summed E-state index contributed by atoms with van der Waals surface area (Å²) in [5.74, 6) is -1.42. The van der Waals surface area contributed by atoms with Crippen LogP contribution in [0.2, 0.25) is 0 Å². The van der Waals surface area contributed by atoms with Crippen molar-refractivity contribution in [2.24, 2.45) is 0 Å². The van der Waals surface area contributed by atoms with E-state index in [1.165, 1.54) is 36.4 Å². The molecular weight excluding hydrogens is 432 g/mol. The zero-order chi connectivity index (χ0) is 23.1. The topological polar surface area (TPSA) is 135 Å². The number of carboxylic acid groups (broad SMARTS) is 1. The molecule has 0 aliphatic carbocycles. The van der Waals surface area contributed by atoms with Gasteiger partial charge in [-0.1, -0.05) is 12.1 Å². The molecule has 1 saturated heterocycles. The average Bonchev–Trinajstić information content (AvgIpc) is 3.46. The lowest BCUT2D eigenvalue weighted by molar-refractivity contribution is -0.122. The van der Waals surface area contributed by atoms with Crippen LogP contribution in [0, 0.1) is 0 Å². The predicted molar refractivity (Wildman–Crippen MR) is 113 cm³/mol. The van der Waals surface area contributed by atoms with Crippen molar-refractivity contribution >= 4 is 35.6 Å². The van der Waals surface area contributed by atoms with E-state index >= 15 is 0 Å². The molecule has 0 atom stereocenters. The van der Waals surface area contributed by atoms with Crippen LogP contribution in [0.5, 0.6) is 11.5 Å². The summed E-state index contributed by atoms with van der Waals surface area (Å²) in [6.07, 6.45) is 1.22. The summed E-state index contributed by atoms with van der Waals surface area (Å²) in [6.45, 7) is 0.0266. The molecule has 0 saturated carbocycles. The van der Waals surface area contributed by atoms with Gasteiger partial charge in [-0.05, 0) is 42.5 Å². The minimum absolute atomic E-state index is 0.0266. The normalized spacial score (nSPS) is 16.3. The molecule has 0 unspecified atom stereocenters. The maximum absolute atomic E-state index is 13.0. The van der Waals surface area contributed by atoms with Crippen LogP contribution >= 0.6 is 0 Å². The molecule has 0 radical (unpaired) electrons. The number of rotatable bonds is 4. The van der Waals surface area contributed by atoms with Crippen molar-refractivity contribution in [2.75, 3.05) is 11.7 Å².